The molecule has 1 fully saturated rings. The molecule has 0 spiro atoms. The van der Waals surface area contributed by atoms with E-state index in [0.29, 0.717) is 48.4 Å². The van der Waals surface area contributed by atoms with Gasteiger partial charge in [-0.1, -0.05) is 23.4 Å². The summed E-state index contributed by atoms with van der Waals surface area (Å²) in [7, 11) is 1.55. The number of rotatable bonds is 4. The third-order valence-electron chi connectivity index (χ3n) is 4.42. The van der Waals surface area contributed by atoms with E-state index in [1.54, 1.807) is 18.9 Å². The number of hydrogen-bond acceptors (Lipinski definition) is 7. The van der Waals surface area contributed by atoms with Crippen LogP contribution in [0.15, 0.2) is 33.2 Å². The summed E-state index contributed by atoms with van der Waals surface area (Å²) in [4.78, 5) is 19.4. The zero-order valence-corrected chi connectivity index (χ0v) is 14.6. The van der Waals surface area contributed by atoms with Crippen molar-refractivity contribution in [1.82, 2.24) is 15.0 Å². The third-order valence-corrected chi connectivity index (χ3v) is 4.42. The Bertz CT molecular complexity index is 932. The first kappa shape index (κ1) is 16.7. The number of hydrogen-bond donors (Lipinski definition) is 0. The third kappa shape index (κ3) is 2.87. The van der Waals surface area contributed by atoms with Gasteiger partial charge in [0.25, 0.3) is 11.8 Å². The molecule has 2 aromatic heterocycles. The fraction of sp³-hybridized carbons (Fsp3) is 0.389. The van der Waals surface area contributed by atoms with Crippen LogP contribution in [0.4, 0.5) is 0 Å². The van der Waals surface area contributed by atoms with Crippen molar-refractivity contribution < 1.29 is 23.2 Å². The molecule has 0 bridgehead atoms. The van der Waals surface area contributed by atoms with E-state index in [9.17, 15) is 4.79 Å². The quantitative estimate of drug-likeness (QED) is 0.708. The van der Waals surface area contributed by atoms with Gasteiger partial charge < -0.3 is 23.3 Å². The Hall–Kier alpha value is -2.71. The molecule has 0 N–H and O–H groups in total. The van der Waals surface area contributed by atoms with Crippen LogP contribution < -0.4 is 0 Å². The minimum Gasteiger partial charge on any atom is -0.461 e. The summed E-state index contributed by atoms with van der Waals surface area (Å²) < 4.78 is 21.5. The summed E-state index contributed by atoms with van der Waals surface area (Å²) in [5.41, 5.74) is 1.26. The highest BCUT2D eigenvalue weighted by Gasteiger charge is 2.35. The Morgan fingerprint density at radius 1 is 1.38 bits per heavy atom. The van der Waals surface area contributed by atoms with Crippen LogP contribution in [0, 0.1) is 6.92 Å². The van der Waals surface area contributed by atoms with Gasteiger partial charge in [0.1, 0.15) is 24.0 Å². The van der Waals surface area contributed by atoms with Gasteiger partial charge in [-0.05, 0) is 13.0 Å². The van der Waals surface area contributed by atoms with Crippen molar-refractivity contribution in [3.63, 3.8) is 0 Å². The van der Waals surface area contributed by atoms with Crippen LogP contribution in [0.3, 0.4) is 0 Å². The summed E-state index contributed by atoms with van der Waals surface area (Å²) in [6.07, 6.45) is 0. The van der Waals surface area contributed by atoms with E-state index in [2.05, 4.69) is 10.1 Å². The van der Waals surface area contributed by atoms with Crippen molar-refractivity contribution in [2.24, 2.45) is 0 Å². The van der Waals surface area contributed by atoms with E-state index in [1.807, 2.05) is 24.3 Å². The van der Waals surface area contributed by atoms with Gasteiger partial charge in [0.05, 0.1) is 18.8 Å². The number of benzene rings is 1. The number of ether oxygens (including phenoxy) is 2. The van der Waals surface area contributed by atoms with Gasteiger partial charge in [-0.25, -0.2) is 0 Å². The predicted octanol–water partition coefficient (Wildman–Crippen LogP) is 2.48. The number of furan rings is 1. The van der Waals surface area contributed by atoms with Crippen molar-refractivity contribution in [1.29, 1.82) is 0 Å². The number of aryl methyl sites for hydroxylation is 1. The van der Waals surface area contributed by atoms with Crippen molar-refractivity contribution in [3.05, 3.63) is 47.3 Å². The van der Waals surface area contributed by atoms with E-state index >= 15 is 0 Å². The van der Waals surface area contributed by atoms with Crippen LogP contribution in [-0.4, -0.2) is 47.8 Å². The van der Waals surface area contributed by atoms with E-state index in [1.165, 1.54) is 0 Å². The van der Waals surface area contributed by atoms with Crippen molar-refractivity contribution in [3.8, 4) is 0 Å². The summed E-state index contributed by atoms with van der Waals surface area (Å²) >= 11 is 0. The topological polar surface area (TPSA) is 90.8 Å². The second-order valence-electron chi connectivity index (χ2n) is 6.10. The molecule has 3 aromatic rings. The summed E-state index contributed by atoms with van der Waals surface area (Å²) in [6, 6.07) is 7.10. The lowest BCUT2D eigenvalue weighted by Crippen LogP contribution is -2.44. The number of para-hydroxylation sites is 1. The molecule has 1 amide bonds. The molecular formula is C18H19N3O5. The van der Waals surface area contributed by atoms with Crippen LogP contribution in [0.25, 0.3) is 11.0 Å². The molecule has 8 nitrogen and oxygen atoms in total. The minimum atomic E-state index is -0.418. The molecule has 0 aliphatic carbocycles. The Balaban J connectivity index is 1.69. The second-order valence-corrected chi connectivity index (χ2v) is 6.10. The van der Waals surface area contributed by atoms with Crippen LogP contribution in [-0.2, 0) is 16.1 Å². The molecule has 26 heavy (non-hydrogen) atoms. The highest BCUT2D eigenvalue weighted by atomic mass is 16.5. The number of nitrogens with zero attached hydrogens (tertiary/aromatic N) is 3. The first-order valence-electron chi connectivity index (χ1n) is 8.37. The van der Waals surface area contributed by atoms with Gasteiger partial charge in [0, 0.05) is 19.0 Å². The van der Waals surface area contributed by atoms with E-state index < -0.39 is 6.04 Å². The Kier molecular flexibility index (Phi) is 4.44. The zero-order valence-electron chi connectivity index (χ0n) is 14.6. The smallest absolute Gasteiger partial charge is 0.258 e. The summed E-state index contributed by atoms with van der Waals surface area (Å²) in [6.45, 7) is 3.23. The highest BCUT2D eigenvalue weighted by Crippen LogP contribution is 2.30. The maximum absolute atomic E-state index is 13.3. The van der Waals surface area contributed by atoms with Crippen molar-refractivity contribution in [2.75, 3.05) is 26.9 Å². The summed E-state index contributed by atoms with van der Waals surface area (Å²) in [5.74, 6) is 1.24. The molecule has 1 aliphatic heterocycles. The Morgan fingerprint density at radius 3 is 3.08 bits per heavy atom. The number of aromatic nitrogens is 2. The monoisotopic (exact) mass is 357 g/mol. The lowest BCUT2D eigenvalue weighted by molar-refractivity contribution is -0.00576. The van der Waals surface area contributed by atoms with Gasteiger partial charge in [-0.2, -0.15) is 4.98 Å². The molecule has 8 heteroatoms. The maximum atomic E-state index is 13.3. The molecule has 4 rings (SSSR count). The second kappa shape index (κ2) is 6.89. The fourth-order valence-corrected chi connectivity index (χ4v) is 3.22. The van der Waals surface area contributed by atoms with E-state index in [-0.39, 0.29) is 12.5 Å². The molecule has 1 aliphatic rings. The first-order chi connectivity index (χ1) is 12.7. The van der Waals surface area contributed by atoms with Crippen LogP contribution in [0.2, 0.25) is 0 Å². The Morgan fingerprint density at radius 2 is 2.23 bits per heavy atom. The summed E-state index contributed by atoms with van der Waals surface area (Å²) in [5, 5.41) is 4.79. The number of fused-ring (bicyclic) bond motifs is 1. The highest BCUT2D eigenvalue weighted by molar-refractivity contribution is 6.07. The molecule has 1 unspecified atom stereocenters. The first-order valence-corrected chi connectivity index (χ1v) is 8.37. The standard InChI is InChI=1S/C18H19N3O5/c1-11-16(12-5-3-4-6-14(12)25-11)18(22)21-7-8-24-9-13(21)17-19-15(10-23-2)26-20-17/h3-6,13H,7-10H2,1-2H3. The number of carbonyl (C=O) groups excluding carboxylic acids is 1. The fourth-order valence-electron chi connectivity index (χ4n) is 3.22. The normalized spacial score (nSPS) is 17.8. The van der Waals surface area contributed by atoms with Crippen LogP contribution in [0.1, 0.15) is 33.9 Å². The average Bonchev–Trinajstić information content (AvgIpc) is 3.25. The van der Waals surface area contributed by atoms with Crippen LogP contribution in [0.5, 0.6) is 0 Å². The number of amides is 1. The number of carbonyl (C=O) groups is 1. The maximum Gasteiger partial charge on any atom is 0.258 e. The van der Waals surface area contributed by atoms with Crippen molar-refractivity contribution in [2.45, 2.75) is 19.6 Å². The van der Waals surface area contributed by atoms with Gasteiger partial charge in [0.2, 0.25) is 0 Å². The number of methoxy groups -OCH3 is 1. The predicted molar refractivity (Wildman–Crippen MR) is 90.6 cm³/mol. The molecule has 0 saturated carbocycles. The lowest BCUT2D eigenvalue weighted by Gasteiger charge is -2.33. The molecule has 1 atom stereocenters. The molecule has 3 heterocycles. The SMILES string of the molecule is COCc1nc(C2COCCN2C(=O)c2c(C)oc3ccccc23)no1. The molecule has 1 aromatic carbocycles. The molecular weight excluding hydrogens is 338 g/mol. The zero-order chi connectivity index (χ0) is 18.1. The average molecular weight is 357 g/mol. The van der Waals surface area contributed by atoms with Gasteiger partial charge in [-0.15, -0.1) is 0 Å². The van der Waals surface area contributed by atoms with Gasteiger partial charge in [0.15, 0.2) is 5.82 Å². The minimum absolute atomic E-state index is 0.126. The molecule has 0 radical (unpaired) electrons. The van der Waals surface area contributed by atoms with Crippen LogP contribution >= 0.6 is 0 Å². The van der Waals surface area contributed by atoms with Gasteiger partial charge in [-0.3, -0.25) is 4.79 Å². The Labute approximate surface area is 149 Å². The molecule has 1 saturated heterocycles. The van der Waals surface area contributed by atoms with E-state index in [4.69, 9.17) is 18.4 Å². The number of morpholine rings is 1. The largest absolute Gasteiger partial charge is 0.461 e. The lowest BCUT2D eigenvalue weighted by atomic mass is 10.1. The van der Waals surface area contributed by atoms with Gasteiger partial charge >= 0.3 is 0 Å². The van der Waals surface area contributed by atoms with E-state index in [0.717, 1.165) is 5.39 Å². The van der Waals surface area contributed by atoms with Crippen molar-refractivity contribution >= 4 is 16.9 Å². The molecule has 136 valence electrons.